The molecule has 0 aliphatic carbocycles. The van der Waals surface area contributed by atoms with Gasteiger partial charge in [0.15, 0.2) is 0 Å². The van der Waals surface area contributed by atoms with Crippen molar-refractivity contribution in [2.45, 2.75) is 22.8 Å². The summed E-state index contributed by atoms with van der Waals surface area (Å²) in [5.41, 5.74) is -3.77. The van der Waals surface area contributed by atoms with Gasteiger partial charge in [-0.25, -0.2) is 13.3 Å². The van der Waals surface area contributed by atoms with Crippen LogP contribution in [0.2, 0.25) is 0 Å². The Morgan fingerprint density at radius 3 is 2.47 bits per heavy atom. The van der Waals surface area contributed by atoms with Crippen molar-refractivity contribution in [3.63, 3.8) is 0 Å². The number of aliphatic hydroxyl groups excluding tert-OH is 1. The normalized spacial score (nSPS) is 22.6. The standard InChI is InChI=1S/C19H17F3N2O5S/c1-23-15-9-13(19(20,21)22)7-8-16(15)30(27,28)24-10-17(18(26,11-24)12-25)29-14-5-3-2-4-6-14/h2-9,17,25-26H,10-12H2/t17-,18+/m0/s1. The highest BCUT2D eigenvalue weighted by Crippen LogP contribution is 2.37. The first-order valence-corrected chi connectivity index (χ1v) is 10.1. The molecule has 160 valence electrons. The lowest BCUT2D eigenvalue weighted by Crippen LogP contribution is -2.48. The highest BCUT2D eigenvalue weighted by molar-refractivity contribution is 7.89. The van der Waals surface area contributed by atoms with Gasteiger partial charge in [0, 0.05) is 12.1 Å². The highest BCUT2D eigenvalue weighted by atomic mass is 32.2. The first-order chi connectivity index (χ1) is 14.0. The zero-order valence-corrected chi connectivity index (χ0v) is 16.2. The van der Waals surface area contributed by atoms with E-state index in [1.54, 1.807) is 30.3 Å². The average Bonchev–Trinajstić information content (AvgIpc) is 3.05. The van der Waals surface area contributed by atoms with Crippen LogP contribution in [0.5, 0.6) is 5.75 Å². The van der Waals surface area contributed by atoms with Crippen molar-refractivity contribution in [3.05, 3.63) is 65.5 Å². The third-order valence-electron chi connectivity index (χ3n) is 4.74. The van der Waals surface area contributed by atoms with Gasteiger partial charge in [-0.1, -0.05) is 30.3 Å². The van der Waals surface area contributed by atoms with Crippen molar-refractivity contribution in [2.75, 3.05) is 19.7 Å². The molecule has 0 aromatic heterocycles. The summed E-state index contributed by atoms with van der Waals surface area (Å²) in [6.07, 6.45) is -5.87. The van der Waals surface area contributed by atoms with Crippen LogP contribution in [0.15, 0.2) is 53.4 Å². The molecule has 7 nitrogen and oxygen atoms in total. The number of rotatable bonds is 5. The number of benzene rings is 2. The topological polar surface area (TPSA) is 91.4 Å². The van der Waals surface area contributed by atoms with Crippen LogP contribution in [0.4, 0.5) is 18.9 Å². The lowest BCUT2D eigenvalue weighted by atomic mass is 10.0. The van der Waals surface area contributed by atoms with Crippen molar-refractivity contribution in [3.8, 4) is 5.75 Å². The van der Waals surface area contributed by atoms with Gasteiger partial charge in [-0.3, -0.25) is 0 Å². The third kappa shape index (κ3) is 4.13. The molecule has 11 heteroatoms. The molecule has 2 aromatic carbocycles. The fraction of sp³-hybridized carbons (Fsp3) is 0.316. The Hall–Kier alpha value is -2.65. The second-order valence-corrected chi connectivity index (χ2v) is 8.68. The van der Waals surface area contributed by atoms with E-state index in [0.717, 1.165) is 10.4 Å². The van der Waals surface area contributed by atoms with Crippen LogP contribution in [0.1, 0.15) is 5.56 Å². The summed E-state index contributed by atoms with van der Waals surface area (Å²) in [6.45, 7) is 5.37. The summed E-state index contributed by atoms with van der Waals surface area (Å²) in [6, 6.07) is 9.99. The minimum Gasteiger partial charge on any atom is -0.486 e. The molecule has 0 radical (unpaired) electrons. The van der Waals surface area contributed by atoms with Crippen molar-refractivity contribution in [2.24, 2.45) is 0 Å². The molecular formula is C19H17F3N2O5S. The second kappa shape index (κ2) is 7.88. The summed E-state index contributed by atoms with van der Waals surface area (Å²) in [5.74, 6) is 0.338. The minimum absolute atomic E-state index is 0.338. The number of aliphatic hydroxyl groups is 2. The van der Waals surface area contributed by atoms with Crippen molar-refractivity contribution >= 4 is 15.7 Å². The van der Waals surface area contributed by atoms with Gasteiger partial charge in [-0.05, 0) is 18.2 Å². The monoisotopic (exact) mass is 442 g/mol. The van der Waals surface area contributed by atoms with E-state index in [2.05, 4.69) is 4.85 Å². The molecule has 2 aromatic rings. The molecule has 1 fully saturated rings. The number of para-hydroxylation sites is 1. The quantitative estimate of drug-likeness (QED) is 0.695. The molecule has 0 unspecified atom stereocenters. The van der Waals surface area contributed by atoms with Crippen molar-refractivity contribution < 1.29 is 36.5 Å². The molecule has 30 heavy (non-hydrogen) atoms. The summed E-state index contributed by atoms with van der Waals surface area (Å²) in [4.78, 5) is 2.31. The molecular weight excluding hydrogens is 425 g/mol. The lowest BCUT2D eigenvalue weighted by molar-refractivity contribution is -0.137. The Labute approximate surface area is 170 Å². The van der Waals surface area contributed by atoms with Gasteiger partial charge in [0.2, 0.25) is 15.7 Å². The van der Waals surface area contributed by atoms with Gasteiger partial charge < -0.3 is 14.9 Å². The lowest BCUT2D eigenvalue weighted by Gasteiger charge is -2.27. The van der Waals surface area contributed by atoms with Crippen molar-refractivity contribution in [1.82, 2.24) is 4.31 Å². The Kier molecular flexibility index (Phi) is 5.79. The SMILES string of the molecule is [C-]#[N+]c1cc(C(F)(F)F)ccc1S(=O)(=O)N1C[C@H](Oc2ccccc2)[C@](O)(CO)C1. The van der Waals surface area contributed by atoms with Crippen LogP contribution in [0.3, 0.4) is 0 Å². The fourth-order valence-electron chi connectivity index (χ4n) is 3.11. The molecule has 2 N–H and O–H groups in total. The van der Waals surface area contributed by atoms with E-state index in [1.807, 2.05) is 0 Å². The van der Waals surface area contributed by atoms with Gasteiger partial charge in [0.1, 0.15) is 17.5 Å². The molecule has 2 atom stereocenters. The Morgan fingerprint density at radius 1 is 1.23 bits per heavy atom. The number of halogens is 3. The zero-order valence-electron chi connectivity index (χ0n) is 15.4. The van der Waals surface area contributed by atoms with Crippen LogP contribution in [0.25, 0.3) is 4.85 Å². The van der Waals surface area contributed by atoms with Gasteiger partial charge in [0.05, 0.1) is 24.6 Å². The van der Waals surface area contributed by atoms with Gasteiger partial charge in [-0.15, -0.1) is 0 Å². The van der Waals surface area contributed by atoms with Gasteiger partial charge >= 0.3 is 6.18 Å². The number of sulfonamides is 1. The van der Waals surface area contributed by atoms with Crippen LogP contribution >= 0.6 is 0 Å². The summed E-state index contributed by atoms with van der Waals surface area (Å²) in [7, 11) is -4.45. The van der Waals surface area contributed by atoms with Crippen LogP contribution < -0.4 is 4.74 Å². The Bertz CT molecular complexity index is 1070. The van der Waals surface area contributed by atoms with Gasteiger partial charge in [-0.2, -0.15) is 17.5 Å². The predicted octanol–water partition coefficient (Wildman–Crippen LogP) is 2.43. The Morgan fingerprint density at radius 2 is 1.90 bits per heavy atom. The van der Waals surface area contributed by atoms with E-state index in [0.29, 0.717) is 17.9 Å². The largest absolute Gasteiger partial charge is 0.486 e. The maximum Gasteiger partial charge on any atom is 0.415 e. The molecule has 0 spiro atoms. The molecule has 1 heterocycles. The summed E-state index contributed by atoms with van der Waals surface area (Å²) < 4.78 is 71.2. The van der Waals surface area contributed by atoms with Crippen LogP contribution in [-0.4, -0.2) is 54.3 Å². The smallest absolute Gasteiger partial charge is 0.415 e. The number of hydrogen-bond donors (Lipinski definition) is 2. The van der Waals surface area contributed by atoms with Gasteiger partial charge in [0.25, 0.3) is 0 Å². The molecule has 1 aliphatic heterocycles. The first-order valence-electron chi connectivity index (χ1n) is 8.65. The highest BCUT2D eigenvalue weighted by Gasteiger charge is 2.51. The van der Waals surface area contributed by atoms with E-state index < -0.39 is 57.2 Å². The van der Waals surface area contributed by atoms with E-state index >= 15 is 0 Å². The first kappa shape index (κ1) is 22.0. The number of ether oxygens (including phenoxy) is 1. The third-order valence-corrected chi connectivity index (χ3v) is 6.60. The maximum atomic E-state index is 13.0. The Balaban J connectivity index is 1.94. The molecule has 0 bridgehead atoms. The summed E-state index contributed by atoms with van der Waals surface area (Å²) >= 11 is 0. The number of hydrogen-bond acceptors (Lipinski definition) is 5. The summed E-state index contributed by atoms with van der Waals surface area (Å²) in [5, 5.41) is 20.3. The minimum atomic E-state index is -4.73. The number of alkyl halides is 3. The second-order valence-electron chi connectivity index (χ2n) is 6.77. The van der Waals surface area contributed by atoms with E-state index in [-0.39, 0.29) is 6.54 Å². The molecule has 0 amide bonds. The number of β-amino-alcohol motifs (C(OH)–C–C–N with tert-alkyl or cyclic N) is 1. The predicted molar refractivity (Wildman–Crippen MR) is 99.4 cm³/mol. The maximum absolute atomic E-state index is 13.0. The number of nitrogens with zero attached hydrogens (tertiary/aromatic N) is 2. The van der Waals surface area contributed by atoms with Crippen molar-refractivity contribution in [1.29, 1.82) is 0 Å². The molecule has 0 saturated carbocycles. The zero-order chi connectivity index (χ0) is 22.2. The van der Waals surface area contributed by atoms with Crippen LogP contribution in [-0.2, 0) is 16.2 Å². The molecule has 1 aliphatic rings. The molecule has 3 rings (SSSR count). The van der Waals surface area contributed by atoms with E-state index in [4.69, 9.17) is 11.3 Å². The average molecular weight is 442 g/mol. The fourth-order valence-corrected chi connectivity index (χ4v) is 4.72. The van der Waals surface area contributed by atoms with Crippen LogP contribution in [0, 0.1) is 6.57 Å². The molecule has 1 saturated heterocycles. The van der Waals surface area contributed by atoms with E-state index in [1.165, 1.54) is 0 Å². The van der Waals surface area contributed by atoms with E-state index in [9.17, 15) is 31.8 Å².